The fourth-order valence-electron chi connectivity index (χ4n) is 0.904. The molecule has 0 amide bonds. The van der Waals surface area contributed by atoms with Crippen molar-refractivity contribution in [3.05, 3.63) is 20.6 Å². The molecule has 0 spiro atoms. The van der Waals surface area contributed by atoms with E-state index in [1.165, 1.54) is 11.3 Å². The SMILES string of the molecule is ClCc1noc(-c2cc(Cl)sc2Cl)n1. The van der Waals surface area contributed by atoms with Gasteiger partial charge in [0.1, 0.15) is 4.34 Å². The van der Waals surface area contributed by atoms with E-state index in [9.17, 15) is 0 Å². The molecule has 74 valence electrons. The molecule has 2 aromatic heterocycles. The quantitative estimate of drug-likeness (QED) is 0.778. The summed E-state index contributed by atoms with van der Waals surface area (Å²) in [5.41, 5.74) is 0.644. The average molecular weight is 270 g/mol. The molecule has 0 fully saturated rings. The first kappa shape index (κ1) is 10.2. The largest absolute Gasteiger partial charge is 0.334 e. The fourth-order valence-corrected chi connectivity index (χ4v) is 2.46. The van der Waals surface area contributed by atoms with Crippen molar-refractivity contribution in [1.29, 1.82) is 0 Å². The van der Waals surface area contributed by atoms with Gasteiger partial charge in [0.2, 0.25) is 0 Å². The third-order valence-electron chi connectivity index (χ3n) is 1.47. The van der Waals surface area contributed by atoms with Crippen LogP contribution in [0.25, 0.3) is 11.5 Å². The van der Waals surface area contributed by atoms with Gasteiger partial charge >= 0.3 is 0 Å². The fraction of sp³-hybridized carbons (Fsp3) is 0.143. The molecule has 0 bridgehead atoms. The van der Waals surface area contributed by atoms with Gasteiger partial charge < -0.3 is 4.52 Å². The Labute approximate surface area is 98.6 Å². The monoisotopic (exact) mass is 268 g/mol. The Kier molecular flexibility index (Phi) is 2.97. The summed E-state index contributed by atoms with van der Waals surface area (Å²) in [5, 5.41) is 3.65. The van der Waals surface area contributed by atoms with E-state index >= 15 is 0 Å². The summed E-state index contributed by atoms with van der Waals surface area (Å²) < 4.78 is 6.06. The van der Waals surface area contributed by atoms with E-state index in [2.05, 4.69) is 10.1 Å². The molecule has 7 heteroatoms. The number of rotatable bonds is 2. The highest BCUT2D eigenvalue weighted by Gasteiger charge is 2.14. The molecule has 14 heavy (non-hydrogen) atoms. The third kappa shape index (κ3) is 1.88. The molecule has 3 nitrogen and oxygen atoms in total. The number of nitrogens with zero attached hydrogens (tertiary/aromatic N) is 2. The molecule has 0 atom stereocenters. The van der Waals surface area contributed by atoms with Gasteiger partial charge in [0.15, 0.2) is 5.82 Å². The van der Waals surface area contributed by atoms with Crippen LogP contribution in [0.5, 0.6) is 0 Å². The first-order valence-electron chi connectivity index (χ1n) is 3.54. The summed E-state index contributed by atoms with van der Waals surface area (Å²) in [5.74, 6) is 0.979. The smallest absolute Gasteiger partial charge is 0.260 e. The first-order chi connectivity index (χ1) is 6.70. The van der Waals surface area contributed by atoms with Crippen molar-refractivity contribution in [1.82, 2.24) is 10.1 Å². The van der Waals surface area contributed by atoms with Crippen molar-refractivity contribution in [2.45, 2.75) is 5.88 Å². The number of halogens is 3. The van der Waals surface area contributed by atoms with Gasteiger partial charge in [0.25, 0.3) is 5.89 Å². The summed E-state index contributed by atoms with van der Waals surface area (Å²) in [6.45, 7) is 0. The molecule has 0 saturated carbocycles. The highest BCUT2D eigenvalue weighted by atomic mass is 35.5. The van der Waals surface area contributed by atoms with Crippen LogP contribution in [-0.2, 0) is 5.88 Å². The number of alkyl halides is 1. The van der Waals surface area contributed by atoms with Crippen molar-refractivity contribution in [2.75, 3.05) is 0 Å². The molecule has 2 aromatic rings. The zero-order valence-electron chi connectivity index (χ0n) is 6.63. The van der Waals surface area contributed by atoms with Crippen LogP contribution in [0.2, 0.25) is 8.67 Å². The minimum Gasteiger partial charge on any atom is -0.334 e. The maximum atomic E-state index is 5.91. The van der Waals surface area contributed by atoms with Gasteiger partial charge in [-0.05, 0) is 6.07 Å². The molecule has 0 aliphatic carbocycles. The van der Waals surface area contributed by atoms with E-state index in [0.29, 0.717) is 26.0 Å². The molecule has 0 radical (unpaired) electrons. The van der Waals surface area contributed by atoms with Crippen LogP contribution in [0.15, 0.2) is 10.6 Å². The predicted molar refractivity (Wildman–Crippen MR) is 57.2 cm³/mol. The average Bonchev–Trinajstić information content (AvgIpc) is 2.71. The van der Waals surface area contributed by atoms with Crippen molar-refractivity contribution in [3.63, 3.8) is 0 Å². The molecule has 2 rings (SSSR count). The normalized spacial score (nSPS) is 10.8. The molecule has 0 aliphatic rings. The zero-order chi connectivity index (χ0) is 10.1. The Morgan fingerprint density at radius 3 is 2.71 bits per heavy atom. The van der Waals surface area contributed by atoms with Gasteiger partial charge in [-0.25, -0.2) is 0 Å². The lowest BCUT2D eigenvalue weighted by molar-refractivity contribution is 0.425. The minimum absolute atomic E-state index is 0.207. The van der Waals surface area contributed by atoms with Crippen LogP contribution in [0.4, 0.5) is 0 Å². The lowest BCUT2D eigenvalue weighted by atomic mass is 10.3. The second kappa shape index (κ2) is 4.06. The van der Waals surface area contributed by atoms with Gasteiger partial charge in [-0.1, -0.05) is 28.4 Å². The second-order valence-corrected chi connectivity index (χ2v) is 4.94. The maximum absolute atomic E-state index is 5.91. The van der Waals surface area contributed by atoms with Crippen molar-refractivity contribution >= 4 is 46.1 Å². The summed E-state index contributed by atoms with van der Waals surface area (Å²) in [7, 11) is 0. The standard InChI is InChI=1S/C7H3Cl3N2OS/c8-2-5-11-7(13-12-5)3-1-4(9)14-6(3)10/h1H,2H2. The lowest BCUT2D eigenvalue weighted by Crippen LogP contribution is -1.79. The van der Waals surface area contributed by atoms with Crippen molar-refractivity contribution in [2.24, 2.45) is 0 Å². The topological polar surface area (TPSA) is 38.9 Å². The first-order valence-corrected chi connectivity index (χ1v) is 5.65. The molecule has 0 aliphatic heterocycles. The third-order valence-corrected chi connectivity index (χ3v) is 3.20. The van der Waals surface area contributed by atoms with Gasteiger partial charge in [0.05, 0.1) is 15.8 Å². The molecule has 0 saturated heterocycles. The molecular weight excluding hydrogens is 267 g/mol. The van der Waals surface area contributed by atoms with Gasteiger partial charge in [-0.3, -0.25) is 0 Å². The van der Waals surface area contributed by atoms with Crippen LogP contribution < -0.4 is 0 Å². The Balaban J connectivity index is 2.43. The highest BCUT2D eigenvalue weighted by Crippen LogP contribution is 2.37. The molecule has 2 heterocycles. The van der Waals surface area contributed by atoms with Crippen LogP contribution in [0.3, 0.4) is 0 Å². The number of hydrogen-bond acceptors (Lipinski definition) is 4. The number of aromatic nitrogens is 2. The molecule has 0 unspecified atom stereocenters. The van der Waals surface area contributed by atoms with Gasteiger partial charge in [-0.15, -0.1) is 22.9 Å². The van der Waals surface area contributed by atoms with E-state index in [0.717, 1.165) is 0 Å². The van der Waals surface area contributed by atoms with Crippen molar-refractivity contribution < 1.29 is 4.52 Å². The van der Waals surface area contributed by atoms with E-state index in [4.69, 9.17) is 39.3 Å². The van der Waals surface area contributed by atoms with Crippen LogP contribution in [-0.4, -0.2) is 10.1 Å². The van der Waals surface area contributed by atoms with Crippen LogP contribution >= 0.6 is 46.1 Å². The molecule has 0 N–H and O–H groups in total. The summed E-state index contributed by atoms with van der Waals surface area (Å²) >= 11 is 18.5. The second-order valence-electron chi connectivity index (χ2n) is 2.39. The Bertz CT molecular complexity index is 453. The van der Waals surface area contributed by atoms with Gasteiger partial charge in [0, 0.05) is 0 Å². The number of hydrogen-bond donors (Lipinski definition) is 0. The predicted octanol–water partition coefficient (Wildman–Crippen LogP) is 3.84. The van der Waals surface area contributed by atoms with Crippen LogP contribution in [0, 0.1) is 0 Å². The Morgan fingerprint density at radius 1 is 1.43 bits per heavy atom. The van der Waals surface area contributed by atoms with E-state index in [-0.39, 0.29) is 5.88 Å². The molecular formula is C7H3Cl3N2OS. The lowest BCUT2D eigenvalue weighted by Gasteiger charge is -1.86. The highest BCUT2D eigenvalue weighted by molar-refractivity contribution is 7.20. The van der Waals surface area contributed by atoms with E-state index in [1.807, 2.05) is 0 Å². The Morgan fingerprint density at radius 2 is 2.21 bits per heavy atom. The zero-order valence-corrected chi connectivity index (χ0v) is 9.71. The van der Waals surface area contributed by atoms with E-state index in [1.54, 1.807) is 6.07 Å². The van der Waals surface area contributed by atoms with Gasteiger partial charge in [-0.2, -0.15) is 4.98 Å². The molecule has 0 aromatic carbocycles. The van der Waals surface area contributed by atoms with E-state index < -0.39 is 0 Å². The minimum atomic E-state index is 0.207. The summed E-state index contributed by atoms with van der Waals surface area (Å²) in [6, 6.07) is 1.68. The number of thiophene rings is 1. The summed E-state index contributed by atoms with van der Waals surface area (Å²) in [6.07, 6.45) is 0. The van der Waals surface area contributed by atoms with Crippen molar-refractivity contribution in [3.8, 4) is 11.5 Å². The maximum Gasteiger partial charge on any atom is 0.260 e. The van der Waals surface area contributed by atoms with Crippen LogP contribution in [0.1, 0.15) is 5.82 Å². The Hall–Kier alpha value is -0.290. The summed E-state index contributed by atoms with van der Waals surface area (Å²) in [4.78, 5) is 4.03.